The molecule has 0 aromatic heterocycles. The lowest BCUT2D eigenvalue weighted by Crippen LogP contribution is -2.39. The van der Waals surface area contributed by atoms with Crippen LogP contribution < -0.4 is 16.0 Å². The highest BCUT2D eigenvalue weighted by molar-refractivity contribution is 6.00. The largest absolute Gasteiger partial charge is 0.449 e. The second kappa shape index (κ2) is 7.26. The number of urea groups is 1. The molecule has 3 amide bonds. The highest BCUT2D eigenvalue weighted by Gasteiger charge is 2.29. The number of nitrogens with zero attached hydrogens (tertiary/aromatic N) is 1. The summed E-state index contributed by atoms with van der Waals surface area (Å²) in [5.74, 6) is -0.916. The summed E-state index contributed by atoms with van der Waals surface area (Å²) < 4.78 is 5.31. The van der Waals surface area contributed by atoms with E-state index in [0.29, 0.717) is 12.2 Å². The Balaban J connectivity index is 1.68. The summed E-state index contributed by atoms with van der Waals surface area (Å²) in [6.45, 7) is 2.12. The van der Waals surface area contributed by atoms with E-state index in [1.165, 1.54) is 12.1 Å². The van der Waals surface area contributed by atoms with E-state index in [0.717, 1.165) is 17.7 Å². The smallest absolute Gasteiger partial charge is 0.338 e. The highest BCUT2D eigenvalue weighted by atomic mass is 16.5. The van der Waals surface area contributed by atoms with Crippen molar-refractivity contribution < 1.29 is 19.1 Å². The fourth-order valence-corrected chi connectivity index (χ4v) is 2.93. The van der Waals surface area contributed by atoms with Crippen molar-refractivity contribution >= 4 is 29.3 Å². The zero-order valence-corrected chi connectivity index (χ0v) is 14.3. The minimum absolute atomic E-state index is 0.220. The van der Waals surface area contributed by atoms with Gasteiger partial charge in [0, 0.05) is 17.9 Å². The van der Waals surface area contributed by atoms with E-state index in [1.807, 2.05) is 24.3 Å². The summed E-state index contributed by atoms with van der Waals surface area (Å²) >= 11 is 0. The topological polar surface area (TPSA) is 102 Å². The van der Waals surface area contributed by atoms with Gasteiger partial charge in [-0.15, -0.1) is 0 Å². The van der Waals surface area contributed by atoms with Crippen molar-refractivity contribution in [1.29, 1.82) is 0 Å². The molecule has 1 atom stereocenters. The molecule has 1 heterocycles. The SMILES string of the molecule is C[C@H](OC(=O)c1cccc(NC(N)=O)c1)C(=O)N1CCc2ccccc21. The Morgan fingerprint density at radius 1 is 1.15 bits per heavy atom. The third kappa shape index (κ3) is 3.66. The third-order valence-corrected chi connectivity index (χ3v) is 4.15. The van der Waals surface area contributed by atoms with Gasteiger partial charge in [-0.3, -0.25) is 4.79 Å². The van der Waals surface area contributed by atoms with Gasteiger partial charge in [-0.1, -0.05) is 24.3 Å². The zero-order valence-electron chi connectivity index (χ0n) is 14.3. The number of carbonyl (C=O) groups is 3. The second-order valence-corrected chi connectivity index (χ2v) is 5.99. The molecule has 0 saturated carbocycles. The molecule has 7 nitrogen and oxygen atoms in total. The van der Waals surface area contributed by atoms with Crippen molar-refractivity contribution in [2.75, 3.05) is 16.8 Å². The van der Waals surface area contributed by atoms with Gasteiger partial charge in [0.1, 0.15) is 0 Å². The summed E-state index contributed by atoms with van der Waals surface area (Å²) in [5, 5.41) is 2.39. The number of ether oxygens (including phenoxy) is 1. The maximum atomic E-state index is 12.7. The summed E-state index contributed by atoms with van der Waals surface area (Å²) in [4.78, 5) is 37.5. The number of para-hydroxylation sites is 1. The van der Waals surface area contributed by atoms with E-state index in [4.69, 9.17) is 10.5 Å². The van der Waals surface area contributed by atoms with Crippen molar-refractivity contribution in [2.45, 2.75) is 19.4 Å². The van der Waals surface area contributed by atoms with Gasteiger partial charge in [0.2, 0.25) is 0 Å². The molecule has 134 valence electrons. The lowest BCUT2D eigenvalue weighted by atomic mass is 10.2. The number of carbonyl (C=O) groups excluding carboxylic acids is 3. The van der Waals surface area contributed by atoms with E-state index in [2.05, 4.69) is 5.32 Å². The molecule has 0 spiro atoms. The van der Waals surface area contributed by atoms with Crippen molar-refractivity contribution in [2.24, 2.45) is 5.73 Å². The average Bonchev–Trinajstić information content (AvgIpc) is 3.04. The first-order valence-corrected chi connectivity index (χ1v) is 8.22. The fourth-order valence-electron chi connectivity index (χ4n) is 2.93. The van der Waals surface area contributed by atoms with Gasteiger partial charge in [-0.2, -0.15) is 0 Å². The van der Waals surface area contributed by atoms with Gasteiger partial charge in [0.05, 0.1) is 5.56 Å². The van der Waals surface area contributed by atoms with Crippen LogP contribution in [0.1, 0.15) is 22.8 Å². The van der Waals surface area contributed by atoms with E-state index in [1.54, 1.807) is 24.0 Å². The molecule has 2 aromatic carbocycles. The van der Waals surface area contributed by atoms with E-state index < -0.39 is 18.1 Å². The number of nitrogens with one attached hydrogen (secondary N) is 1. The van der Waals surface area contributed by atoms with Crippen LogP contribution in [-0.4, -0.2) is 30.6 Å². The number of hydrogen-bond acceptors (Lipinski definition) is 4. The highest BCUT2D eigenvalue weighted by Crippen LogP contribution is 2.28. The molecule has 0 unspecified atom stereocenters. The Morgan fingerprint density at radius 3 is 2.69 bits per heavy atom. The predicted molar refractivity (Wildman–Crippen MR) is 97.0 cm³/mol. The molecule has 1 aliphatic rings. The van der Waals surface area contributed by atoms with Crippen LogP contribution >= 0.6 is 0 Å². The number of fused-ring (bicyclic) bond motifs is 1. The number of benzene rings is 2. The van der Waals surface area contributed by atoms with Gasteiger partial charge in [-0.25, -0.2) is 9.59 Å². The standard InChI is InChI=1S/C19H19N3O4/c1-12(17(23)22-10-9-13-5-2-3-8-16(13)22)26-18(24)14-6-4-7-15(11-14)21-19(20)25/h2-8,11-12H,9-10H2,1H3,(H3,20,21,25)/t12-/m0/s1. The number of rotatable bonds is 4. The molecule has 2 aromatic rings. The van der Waals surface area contributed by atoms with E-state index in [9.17, 15) is 14.4 Å². The molecule has 3 rings (SSSR count). The van der Waals surface area contributed by atoms with E-state index in [-0.39, 0.29) is 11.5 Å². The van der Waals surface area contributed by atoms with Crippen LogP contribution in [0.2, 0.25) is 0 Å². The molecule has 0 saturated heterocycles. The Hall–Kier alpha value is -3.35. The molecule has 3 N–H and O–H groups in total. The minimum Gasteiger partial charge on any atom is -0.449 e. The van der Waals surface area contributed by atoms with Gasteiger partial charge in [-0.05, 0) is 43.2 Å². The first kappa shape index (κ1) is 17.5. The van der Waals surface area contributed by atoms with Gasteiger partial charge in [0.15, 0.2) is 6.10 Å². The lowest BCUT2D eigenvalue weighted by Gasteiger charge is -2.21. The molecular formula is C19H19N3O4. The fraction of sp³-hybridized carbons (Fsp3) is 0.211. The Morgan fingerprint density at radius 2 is 1.92 bits per heavy atom. The van der Waals surface area contributed by atoms with Crippen LogP contribution in [0.3, 0.4) is 0 Å². The first-order chi connectivity index (χ1) is 12.5. The number of primary amides is 1. The third-order valence-electron chi connectivity index (χ3n) is 4.15. The van der Waals surface area contributed by atoms with Gasteiger partial charge >= 0.3 is 12.0 Å². The molecule has 26 heavy (non-hydrogen) atoms. The summed E-state index contributed by atoms with van der Waals surface area (Å²) in [7, 11) is 0. The maximum absolute atomic E-state index is 12.7. The molecule has 0 fully saturated rings. The minimum atomic E-state index is -0.929. The van der Waals surface area contributed by atoms with Gasteiger partial charge in [0.25, 0.3) is 5.91 Å². The molecule has 0 radical (unpaired) electrons. The maximum Gasteiger partial charge on any atom is 0.338 e. The summed E-state index contributed by atoms with van der Waals surface area (Å²) in [6, 6.07) is 13.1. The van der Waals surface area contributed by atoms with Crippen LogP contribution in [0.4, 0.5) is 16.2 Å². The zero-order chi connectivity index (χ0) is 18.7. The quantitative estimate of drug-likeness (QED) is 0.824. The van der Waals surface area contributed by atoms with Crippen LogP contribution in [0.15, 0.2) is 48.5 Å². The number of anilines is 2. The summed E-state index contributed by atoms with van der Waals surface area (Å²) in [6.07, 6.45) is -0.148. The van der Waals surface area contributed by atoms with Crippen LogP contribution in [-0.2, 0) is 16.0 Å². The number of amides is 3. The molecule has 7 heteroatoms. The molecular weight excluding hydrogens is 334 g/mol. The van der Waals surface area contributed by atoms with Crippen LogP contribution in [0.5, 0.6) is 0 Å². The second-order valence-electron chi connectivity index (χ2n) is 5.99. The molecule has 0 bridgehead atoms. The van der Waals surface area contributed by atoms with Crippen molar-refractivity contribution in [3.8, 4) is 0 Å². The Kier molecular flexibility index (Phi) is 4.88. The molecule has 1 aliphatic heterocycles. The van der Waals surface area contributed by atoms with Gasteiger partial charge < -0.3 is 20.7 Å². The monoisotopic (exact) mass is 353 g/mol. The average molecular weight is 353 g/mol. The lowest BCUT2D eigenvalue weighted by molar-refractivity contribution is -0.126. The van der Waals surface area contributed by atoms with Crippen molar-refractivity contribution in [1.82, 2.24) is 0 Å². The number of hydrogen-bond donors (Lipinski definition) is 2. The summed E-state index contributed by atoms with van der Waals surface area (Å²) in [5.41, 5.74) is 7.61. The predicted octanol–water partition coefficient (Wildman–Crippen LogP) is 2.31. The van der Waals surface area contributed by atoms with Crippen LogP contribution in [0.25, 0.3) is 0 Å². The van der Waals surface area contributed by atoms with Crippen molar-refractivity contribution in [3.63, 3.8) is 0 Å². The molecule has 0 aliphatic carbocycles. The Labute approximate surface area is 150 Å². The van der Waals surface area contributed by atoms with Crippen molar-refractivity contribution in [3.05, 3.63) is 59.7 Å². The normalized spacial score (nSPS) is 13.7. The number of nitrogens with two attached hydrogens (primary N) is 1. The number of esters is 1. The Bertz CT molecular complexity index is 865. The van der Waals surface area contributed by atoms with Crippen LogP contribution in [0, 0.1) is 0 Å². The first-order valence-electron chi connectivity index (χ1n) is 8.22. The van der Waals surface area contributed by atoms with E-state index >= 15 is 0 Å².